The molecule has 21 heavy (non-hydrogen) atoms. The number of H-pyrrole nitrogens is 1. The minimum absolute atomic E-state index is 0.0502. The van der Waals surface area contributed by atoms with Crippen molar-refractivity contribution in [1.82, 2.24) is 4.98 Å². The molecular weight excluding hydrogens is 287 g/mol. The van der Waals surface area contributed by atoms with Crippen molar-refractivity contribution in [1.29, 1.82) is 0 Å². The number of carboxylic acid groups (broad SMARTS) is 1. The zero-order valence-electron chi connectivity index (χ0n) is 10.6. The Kier molecular flexibility index (Phi) is 3.84. The van der Waals surface area contributed by atoms with Gasteiger partial charge in [0.25, 0.3) is 5.56 Å². The average molecular weight is 297 g/mol. The van der Waals surface area contributed by atoms with Crippen LogP contribution in [0.25, 0.3) is 0 Å². The number of rotatable bonds is 3. The topological polar surface area (TPSA) is 70.2 Å². The number of aromatic amines is 1. The number of benzene rings is 1. The van der Waals surface area contributed by atoms with Crippen LogP contribution in [0.5, 0.6) is 0 Å². The summed E-state index contributed by atoms with van der Waals surface area (Å²) < 4.78 is 37.3. The lowest BCUT2D eigenvalue weighted by Gasteiger charge is -2.07. The first-order valence-electron chi connectivity index (χ1n) is 5.88. The van der Waals surface area contributed by atoms with Crippen LogP contribution in [0.2, 0.25) is 0 Å². The van der Waals surface area contributed by atoms with E-state index in [0.29, 0.717) is 5.56 Å². The van der Waals surface area contributed by atoms with Gasteiger partial charge in [0.15, 0.2) is 0 Å². The molecule has 7 heteroatoms. The van der Waals surface area contributed by atoms with Gasteiger partial charge in [-0.05, 0) is 23.8 Å². The Morgan fingerprint density at radius 3 is 2.33 bits per heavy atom. The Morgan fingerprint density at radius 1 is 1.19 bits per heavy atom. The molecule has 110 valence electrons. The summed E-state index contributed by atoms with van der Waals surface area (Å²) in [5.41, 5.74) is -0.679. The van der Waals surface area contributed by atoms with Crippen molar-refractivity contribution in [2.24, 2.45) is 0 Å². The molecule has 2 aromatic rings. The van der Waals surface area contributed by atoms with Gasteiger partial charge in [0.05, 0.1) is 11.1 Å². The van der Waals surface area contributed by atoms with E-state index < -0.39 is 23.3 Å². The fourth-order valence-electron chi connectivity index (χ4n) is 1.82. The van der Waals surface area contributed by atoms with E-state index in [4.69, 9.17) is 5.11 Å². The van der Waals surface area contributed by atoms with E-state index in [1.807, 2.05) is 0 Å². The minimum atomic E-state index is -4.42. The molecule has 0 fully saturated rings. The number of hydrogen-bond acceptors (Lipinski definition) is 2. The smallest absolute Gasteiger partial charge is 0.416 e. The van der Waals surface area contributed by atoms with Crippen molar-refractivity contribution in [2.75, 3.05) is 0 Å². The standard InChI is InChI=1S/C14H10F3NO3/c15-14(16,17)11-3-1-8(2-4-11)5-9-6-10(13(20)21)7-18-12(9)19/h1-4,6-7H,5H2,(H,18,19)(H,20,21). The maximum atomic E-state index is 12.4. The number of aromatic nitrogens is 1. The zero-order chi connectivity index (χ0) is 15.6. The molecular formula is C14H10F3NO3. The SMILES string of the molecule is O=C(O)c1c[nH]c(=O)c(Cc2ccc(C(F)(F)F)cc2)c1. The number of aromatic carboxylic acids is 1. The molecule has 2 rings (SSSR count). The second-order valence-electron chi connectivity index (χ2n) is 4.42. The molecule has 1 aromatic carbocycles. The minimum Gasteiger partial charge on any atom is -0.478 e. The summed E-state index contributed by atoms with van der Waals surface area (Å²) in [6.45, 7) is 0. The Labute approximate surface area is 116 Å². The van der Waals surface area contributed by atoms with Crippen LogP contribution in [0.15, 0.2) is 41.3 Å². The van der Waals surface area contributed by atoms with Crippen molar-refractivity contribution in [3.05, 3.63) is 69.1 Å². The number of hydrogen-bond donors (Lipinski definition) is 2. The second kappa shape index (κ2) is 5.43. The van der Waals surface area contributed by atoms with E-state index in [-0.39, 0.29) is 17.5 Å². The van der Waals surface area contributed by atoms with Crippen LogP contribution in [0.3, 0.4) is 0 Å². The zero-order valence-corrected chi connectivity index (χ0v) is 10.6. The molecule has 0 aliphatic heterocycles. The summed E-state index contributed by atoms with van der Waals surface area (Å²) in [6.07, 6.45) is -3.30. The number of halogens is 3. The number of alkyl halides is 3. The lowest BCUT2D eigenvalue weighted by Crippen LogP contribution is -2.15. The quantitative estimate of drug-likeness (QED) is 0.915. The van der Waals surface area contributed by atoms with E-state index in [9.17, 15) is 22.8 Å². The summed E-state index contributed by atoms with van der Waals surface area (Å²) >= 11 is 0. The fourth-order valence-corrected chi connectivity index (χ4v) is 1.82. The third kappa shape index (κ3) is 3.50. The normalized spacial score (nSPS) is 11.4. The molecule has 0 unspecified atom stereocenters. The first-order valence-corrected chi connectivity index (χ1v) is 5.88. The van der Waals surface area contributed by atoms with Gasteiger partial charge < -0.3 is 10.1 Å². The summed E-state index contributed by atoms with van der Waals surface area (Å²) in [5, 5.41) is 8.85. The molecule has 0 saturated heterocycles. The van der Waals surface area contributed by atoms with Crippen molar-refractivity contribution in [3.8, 4) is 0 Å². The van der Waals surface area contributed by atoms with Crippen LogP contribution in [-0.2, 0) is 12.6 Å². The van der Waals surface area contributed by atoms with Crippen LogP contribution >= 0.6 is 0 Å². The van der Waals surface area contributed by atoms with Crippen LogP contribution < -0.4 is 5.56 Å². The monoisotopic (exact) mass is 297 g/mol. The first kappa shape index (κ1) is 14.8. The Morgan fingerprint density at radius 2 is 1.81 bits per heavy atom. The molecule has 2 N–H and O–H groups in total. The summed E-state index contributed by atoms with van der Waals surface area (Å²) in [6, 6.07) is 5.57. The van der Waals surface area contributed by atoms with Crippen molar-refractivity contribution in [3.63, 3.8) is 0 Å². The van der Waals surface area contributed by atoms with Gasteiger partial charge in [0.1, 0.15) is 0 Å². The van der Waals surface area contributed by atoms with E-state index in [1.165, 1.54) is 18.2 Å². The molecule has 0 aliphatic rings. The lowest BCUT2D eigenvalue weighted by atomic mass is 10.0. The van der Waals surface area contributed by atoms with Crippen molar-refractivity contribution < 1.29 is 23.1 Å². The predicted molar refractivity (Wildman–Crippen MR) is 68.3 cm³/mol. The van der Waals surface area contributed by atoms with Gasteiger partial charge in [-0.3, -0.25) is 4.79 Å². The first-order chi connectivity index (χ1) is 9.77. The fraction of sp³-hybridized carbons (Fsp3) is 0.143. The number of pyridine rings is 1. The highest BCUT2D eigenvalue weighted by atomic mass is 19.4. The highest BCUT2D eigenvalue weighted by Gasteiger charge is 2.29. The molecule has 0 spiro atoms. The third-order valence-corrected chi connectivity index (χ3v) is 2.90. The van der Waals surface area contributed by atoms with Gasteiger partial charge in [0.2, 0.25) is 0 Å². The van der Waals surface area contributed by atoms with Crippen LogP contribution in [0.4, 0.5) is 13.2 Å². The van der Waals surface area contributed by atoms with Crippen LogP contribution in [-0.4, -0.2) is 16.1 Å². The molecule has 0 aliphatic carbocycles. The summed E-state index contributed by atoms with van der Waals surface area (Å²) in [7, 11) is 0. The highest BCUT2D eigenvalue weighted by molar-refractivity contribution is 5.87. The number of carbonyl (C=O) groups is 1. The Hall–Kier alpha value is -2.57. The molecule has 0 bridgehead atoms. The van der Waals surface area contributed by atoms with Gasteiger partial charge in [-0.25, -0.2) is 4.79 Å². The second-order valence-corrected chi connectivity index (χ2v) is 4.42. The van der Waals surface area contributed by atoms with Crippen molar-refractivity contribution >= 4 is 5.97 Å². The number of nitrogens with one attached hydrogen (secondary N) is 1. The third-order valence-electron chi connectivity index (χ3n) is 2.90. The Bertz CT molecular complexity index is 717. The lowest BCUT2D eigenvalue weighted by molar-refractivity contribution is -0.137. The van der Waals surface area contributed by atoms with E-state index in [2.05, 4.69) is 4.98 Å². The highest BCUT2D eigenvalue weighted by Crippen LogP contribution is 2.29. The number of carboxylic acids is 1. The van der Waals surface area contributed by atoms with E-state index in [1.54, 1.807) is 0 Å². The maximum absolute atomic E-state index is 12.4. The molecule has 0 atom stereocenters. The largest absolute Gasteiger partial charge is 0.478 e. The molecule has 0 saturated carbocycles. The van der Waals surface area contributed by atoms with E-state index in [0.717, 1.165) is 18.3 Å². The van der Waals surface area contributed by atoms with E-state index >= 15 is 0 Å². The molecule has 0 radical (unpaired) electrons. The van der Waals surface area contributed by atoms with Gasteiger partial charge in [-0.15, -0.1) is 0 Å². The van der Waals surface area contributed by atoms with Gasteiger partial charge in [0, 0.05) is 18.2 Å². The van der Waals surface area contributed by atoms with Crippen molar-refractivity contribution in [2.45, 2.75) is 12.6 Å². The van der Waals surface area contributed by atoms with Gasteiger partial charge in [-0.2, -0.15) is 13.2 Å². The molecule has 4 nitrogen and oxygen atoms in total. The summed E-state index contributed by atoms with van der Waals surface area (Å²) in [5.74, 6) is -1.19. The summed E-state index contributed by atoms with van der Waals surface area (Å²) in [4.78, 5) is 24.7. The predicted octanol–water partition coefficient (Wildman–Crippen LogP) is 2.68. The van der Waals surface area contributed by atoms with Gasteiger partial charge in [-0.1, -0.05) is 12.1 Å². The average Bonchev–Trinajstić information content (AvgIpc) is 2.40. The maximum Gasteiger partial charge on any atom is 0.416 e. The molecule has 1 aromatic heterocycles. The van der Waals surface area contributed by atoms with Crippen LogP contribution in [0.1, 0.15) is 27.0 Å². The van der Waals surface area contributed by atoms with Gasteiger partial charge >= 0.3 is 12.1 Å². The van der Waals surface area contributed by atoms with Crippen LogP contribution in [0, 0.1) is 0 Å². The Balaban J connectivity index is 2.28. The molecule has 1 heterocycles. The molecule has 0 amide bonds.